The van der Waals surface area contributed by atoms with Crippen molar-refractivity contribution in [2.45, 2.75) is 50.6 Å². The molecule has 2 aromatic rings. The molecule has 2 atom stereocenters. The van der Waals surface area contributed by atoms with Crippen LogP contribution in [0.4, 0.5) is 26.3 Å². The molecule has 0 saturated carbocycles. The van der Waals surface area contributed by atoms with Crippen LogP contribution >= 0.6 is 0 Å². The number of hydrogen-bond acceptors (Lipinski definition) is 6. The highest BCUT2D eigenvalue weighted by Crippen LogP contribution is 2.40. The van der Waals surface area contributed by atoms with Gasteiger partial charge in [0, 0.05) is 26.6 Å². The Hall–Kier alpha value is -4.14. The lowest BCUT2D eigenvalue weighted by molar-refractivity contribution is -0.144. The SMILES string of the molecule is CN1N=C2CCN(C(=O)C(COc3cc(C(F)(F)F)cc(C(F)(F)F)c3)NC(=O)C(C)(C)N)C[C@@]2(Cc2ccccc2)C1=O. The number of fused-ring (bicyclic) bond motifs is 1. The van der Waals surface area contributed by atoms with Gasteiger partial charge >= 0.3 is 12.4 Å². The molecule has 2 aliphatic rings. The lowest BCUT2D eigenvalue weighted by atomic mass is 9.73. The Morgan fingerprint density at radius 3 is 2.18 bits per heavy atom. The average molecular weight is 628 g/mol. The number of nitrogens with one attached hydrogen (secondary N) is 1. The lowest BCUT2D eigenvalue weighted by Crippen LogP contribution is -2.62. The van der Waals surface area contributed by atoms with E-state index in [2.05, 4.69) is 10.4 Å². The second-order valence-electron chi connectivity index (χ2n) is 11.4. The van der Waals surface area contributed by atoms with Crippen molar-refractivity contribution in [3.63, 3.8) is 0 Å². The number of carbonyl (C=O) groups excluding carboxylic acids is 3. The van der Waals surface area contributed by atoms with Gasteiger partial charge < -0.3 is 20.7 Å². The van der Waals surface area contributed by atoms with Crippen LogP contribution in [0.15, 0.2) is 53.6 Å². The van der Waals surface area contributed by atoms with Gasteiger partial charge in [-0.25, -0.2) is 5.01 Å². The van der Waals surface area contributed by atoms with Gasteiger partial charge in [0.25, 0.3) is 5.91 Å². The Morgan fingerprint density at radius 1 is 1.05 bits per heavy atom. The smallest absolute Gasteiger partial charge is 0.416 e. The second-order valence-corrected chi connectivity index (χ2v) is 11.4. The Balaban J connectivity index is 1.64. The number of nitrogens with zero attached hydrogens (tertiary/aromatic N) is 3. The molecule has 1 unspecified atom stereocenters. The monoisotopic (exact) mass is 627 g/mol. The van der Waals surface area contributed by atoms with Gasteiger partial charge in [-0.1, -0.05) is 30.3 Å². The molecule has 238 valence electrons. The summed E-state index contributed by atoms with van der Waals surface area (Å²) >= 11 is 0. The van der Waals surface area contributed by atoms with E-state index in [1.165, 1.54) is 30.8 Å². The van der Waals surface area contributed by atoms with E-state index in [1.54, 1.807) is 12.1 Å². The highest BCUT2D eigenvalue weighted by atomic mass is 19.4. The van der Waals surface area contributed by atoms with E-state index >= 15 is 0 Å². The van der Waals surface area contributed by atoms with E-state index in [0.29, 0.717) is 17.8 Å². The van der Waals surface area contributed by atoms with Crippen LogP contribution in [0.3, 0.4) is 0 Å². The summed E-state index contributed by atoms with van der Waals surface area (Å²) in [7, 11) is 1.50. The molecule has 15 heteroatoms. The maximum Gasteiger partial charge on any atom is 0.416 e. The summed E-state index contributed by atoms with van der Waals surface area (Å²) in [5, 5.41) is 7.99. The van der Waals surface area contributed by atoms with Crippen molar-refractivity contribution >= 4 is 23.4 Å². The number of carbonyl (C=O) groups is 3. The molecule has 3 N–H and O–H groups in total. The number of hydrazone groups is 1. The third-order valence-electron chi connectivity index (χ3n) is 7.43. The van der Waals surface area contributed by atoms with E-state index in [0.717, 1.165) is 5.56 Å². The second kappa shape index (κ2) is 11.7. The van der Waals surface area contributed by atoms with Gasteiger partial charge in [0.15, 0.2) is 0 Å². The highest BCUT2D eigenvalue weighted by Gasteiger charge is 2.54. The van der Waals surface area contributed by atoms with Crippen LogP contribution in [0.5, 0.6) is 5.75 Å². The van der Waals surface area contributed by atoms with Crippen molar-refractivity contribution in [1.82, 2.24) is 15.2 Å². The molecule has 3 amide bonds. The fourth-order valence-corrected chi connectivity index (χ4v) is 5.14. The molecule has 2 heterocycles. The van der Waals surface area contributed by atoms with Crippen molar-refractivity contribution in [2.24, 2.45) is 16.3 Å². The number of ether oxygens (including phenoxy) is 1. The van der Waals surface area contributed by atoms with Gasteiger partial charge in [0.05, 0.1) is 22.4 Å². The molecule has 2 aliphatic heterocycles. The molecular weight excluding hydrogens is 596 g/mol. The molecule has 9 nitrogen and oxygen atoms in total. The van der Waals surface area contributed by atoms with Gasteiger partial charge in [0.2, 0.25) is 11.8 Å². The summed E-state index contributed by atoms with van der Waals surface area (Å²) < 4.78 is 85.5. The van der Waals surface area contributed by atoms with Crippen LogP contribution in [-0.2, 0) is 33.2 Å². The molecular formula is C29H31F6N5O4. The third-order valence-corrected chi connectivity index (χ3v) is 7.43. The molecule has 0 spiro atoms. The van der Waals surface area contributed by atoms with Crippen LogP contribution in [0.1, 0.15) is 37.0 Å². The number of halogens is 6. The number of nitrogens with two attached hydrogens (primary N) is 1. The first kappa shape index (κ1) is 32.8. The maximum absolute atomic E-state index is 13.9. The van der Waals surface area contributed by atoms with Crippen LogP contribution in [0.2, 0.25) is 0 Å². The molecule has 0 radical (unpaired) electrons. The van der Waals surface area contributed by atoms with Crippen LogP contribution in [-0.4, -0.2) is 71.7 Å². The zero-order valence-electron chi connectivity index (χ0n) is 24.1. The normalized spacial score (nSPS) is 19.8. The van der Waals surface area contributed by atoms with E-state index in [4.69, 9.17) is 10.5 Å². The zero-order chi connectivity index (χ0) is 32.7. The minimum absolute atomic E-state index is 0.0527. The molecule has 0 aliphatic carbocycles. The first-order chi connectivity index (χ1) is 20.3. The van der Waals surface area contributed by atoms with Crippen molar-refractivity contribution in [3.8, 4) is 5.75 Å². The molecule has 1 fully saturated rings. The topological polar surface area (TPSA) is 117 Å². The summed E-state index contributed by atoms with van der Waals surface area (Å²) in [4.78, 5) is 41.4. The standard InChI is InChI=1S/C29H31F6N5O4/c1-26(2,36)24(42)37-21(15-44-20-12-18(28(30,31)32)11-19(13-20)29(33,34)35)23(41)40-10-9-22-27(16-40,25(43)39(3)38-22)14-17-7-5-4-6-8-17/h4-8,11-13,21H,9-10,14-16,36H2,1-3H3,(H,37,42)/t21?,27-/m1/s1. The Bertz CT molecular complexity index is 1420. The molecule has 0 bridgehead atoms. The van der Waals surface area contributed by atoms with Crippen molar-refractivity contribution in [2.75, 3.05) is 26.7 Å². The van der Waals surface area contributed by atoms with Gasteiger partial charge in [-0.2, -0.15) is 31.4 Å². The number of piperidine rings is 1. The number of rotatable bonds is 8. The number of benzene rings is 2. The largest absolute Gasteiger partial charge is 0.491 e. The molecule has 4 rings (SSSR count). The van der Waals surface area contributed by atoms with E-state index < -0.39 is 64.6 Å². The quantitative estimate of drug-likeness (QED) is 0.434. The third kappa shape index (κ3) is 6.98. The van der Waals surface area contributed by atoms with Crippen LogP contribution < -0.4 is 15.8 Å². The van der Waals surface area contributed by atoms with Gasteiger partial charge in [-0.15, -0.1) is 0 Å². The minimum Gasteiger partial charge on any atom is -0.491 e. The van der Waals surface area contributed by atoms with Gasteiger partial charge in [-0.05, 0) is 44.0 Å². The lowest BCUT2D eigenvalue weighted by Gasteiger charge is -2.40. The number of amides is 3. The predicted octanol–water partition coefficient (Wildman–Crippen LogP) is 3.61. The van der Waals surface area contributed by atoms with Crippen molar-refractivity contribution < 1.29 is 45.5 Å². The minimum atomic E-state index is -5.12. The highest BCUT2D eigenvalue weighted by molar-refractivity contribution is 6.13. The number of alkyl halides is 6. The van der Waals surface area contributed by atoms with Crippen LogP contribution in [0, 0.1) is 5.41 Å². The van der Waals surface area contributed by atoms with E-state index in [1.807, 2.05) is 18.2 Å². The van der Waals surface area contributed by atoms with Crippen molar-refractivity contribution in [1.29, 1.82) is 0 Å². The summed E-state index contributed by atoms with van der Waals surface area (Å²) in [6.07, 6.45) is -9.81. The van der Waals surface area contributed by atoms with Crippen molar-refractivity contribution in [3.05, 3.63) is 65.2 Å². The number of likely N-dealkylation sites (tertiary alicyclic amines) is 1. The van der Waals surface area contributed by atoms with Gasteiger partial charge in [-0.3, -0.25) is 14.4 Å². The Kier molecular flexibility index (Phi) is 8.75. The summed E-state index contributed by atoms with van der Waals surface area (Å²) in [5.41, 5.74) is 1.32. The molecule has 44 heavy (non-hydrogen) atoms. The van der Waals surface area contributed by atoms with Gasteiger partial charge in [0.1, 0.15) is 23.8 Å². The van der Waals surface area contributed by atoms with Crippen LogP contribution in [0.25, 0.3) is 0 Å². The Labute approximate surface area is 249 Å². The fourth-order valence-electron chi connectivity index (χ4n) is 5.14. The summed E-state index contributed by atoms with van der Waals surface area (Å²) in [6, 6.07) is 8.17. The maximum atomic E-state index is 13.9. The molecule has 0 aromatic heterocycles. The fraction of sp³-hybridized carbons (Fsp3) is 0.448. The predicted molar refractivity (Wildman–Crippen MR) is 146 cm³/mol. The first-order valence-corrected chi connectivity index (χ1v) is 13.5. The Morgan fingerprint density at radius 2 is 1.64 bits per heavy atom. The summed E-state index contributed by atoms with van der Waals surface area (Å²) in [6.45, 7) is 1.81. The average Bonchev–Trinajstić information content (AvgIpc) is 3.18. The zero-order valence-corrected chi connectivity index (χ0v) is 24.1. The first-order valence-electron chi connectivity index (χ1n) is 13.5. The van der Waals surface area contributed by atoms with E-state index in [-0.39, 0.29) is 37.9 Å². The molecule has 1 saturated heterocycles. The molecule has 2 aromatic carbocycles. The summed E-state index contributed by atoms with van der Waals surface area (Å²) in [5.74, 6) is -2.75. The number of hydrogen-bond donors (Lipinski definition) is 2. The van der Waals surface area contributed by atoms with E-state index in [9.17, 15) is 40.7 Å².